The third-order valence-corrected chi connectivity index (χ3v) is 5.12. The lowest BCUT2D eigenvalue weighted by Crippen LogP contribution is -2.43. The predicted octanol–water partition coefficient (Wildman–Crippen LogP) is 3.06. The van der Waals surface area contributed by atoms with Crippen LogP contribution in [-0.2, 0) is 11.3 Å². The van der Waals surface area contributed by atoms with Gasteiger partial charge in [0.05, 0.1) is 0 Å². The zero-order chi connectivity index (χ0) is 18.4. The molecule has 0 unspecified atom stereocenters. The van der Waals surface area contributed by atoms with Gasteiger partial charge in [0, 0.05) is 42.0 Å². The summed E-state index contributed by atoms with van der Waals surface area (Å²) in [6.45, 7) is 5.28. The molecule has 1 amide bonds. The van der Waals surface area contributed by atoms with Crippen LogP contribution >= 0.6 is 22.6 Å². The summed E-state index contributed by atoms with van der Waals surface area (Å²) in [7, 11) is 2.16. The van der Waals surface area contributed by atoms with E-state index in [1.807, 2.05) is 42.5 Å². The van der Waals surface area contributed by atoms with E-state index in [4.69, 9.17) is 4.74 Å². The lowest BCUT2D eigenvalue weighted by Gasteiger charge is -2.32. The zero-order valence-electron chi connectivity index (χ0n) is 15.0. The third kappa shape index (κ3) is 5.96. The van der Waals surface area contributed by atoms with Crippen molar-refractivity contribution in [3.63, 3.8) is 0 Å². The summed E-state index contributed by atoms with van der Waals surface area (Å²) in [5, 5.41) is 2.92. The fraction of sp³-hybridized carbons (Fsp3) is 0.350. The van der Waals surface area contributed by atoms with E-state index in [-0.39, 0.29) is 12.5 Å². The van der Waals surface area contributed by atoms with Crippen LogP contribution in [0.5, 0.6) is 5.75 Å². The molecule has 0 atom stereocenters. The Morgan fingerprint density at radius 3 is 2.58 bits per heavy atom. The largest absolute Gasteiger partial charge is 0.484 e. The van der Waals surface area contributed by atoms with Gasteiger partial charge < -0.3 is 15.0 Å². The Bertz CT molecular complexity index is 728. The molecule has 0 radical (unpaired) electrons. The molecule has 26 heavy (non-hydrogen) atoms. The first-order chi connectivity index (χ1) is 12.6. The Morgan fingerprint density at radius 2 is 1.85 bits per heavy atom. The minimum absolute atomic E-state index is 0.00325. The number of nitrogens with one attached hydrogen (secondary N) is 1. The molecule has 2 aromatic rings. The third-order valence-electron chi connectivity index (χ3n) is 4.40. The van der Waals surface area contributed by atoms with Crippen molar-refractivity contribution in [2.75, 3.05) is 45.2 Å². The van der Waals surface area contributed by atoms with Crippen LogP contribution in [0.1, 0.15) is 5.56 Å². The van der Waals surface area contributed by atoms with Gasteiger partial charge >= 0.3 is 0 Å². The molecule has 0 saturated carbocycles. The van der Waals surface area contributed by atoms with Crippen molar-refractivity contribution in [1.29, 1.82) is 0 Å². The SMILES string of the molecule is CN1CCN(Cc2cccc(NC(=O)COc3ccc(I)cc3)c2)CC1. The summed E-state index contributed by atoms with van der Waals surface area (Å²) in [6, 6.07) is 15.7. The molecule has 0 aromatic heterocycles. The van der Waals surface area contributed by atoms with Gasteiger partial charge in [0.25, 0.3) is 5.91 Å². The second-order valence-electron chi connectivity index (χ2n) is 6.57. The summed E-state index contributed by atoms with van der Waals surface area (Å²) >= 11 is 2.24. The number of benzene rings is 2. The van der Waals surface area contributed by atoms with Crippen molar-refractivity contribution < 1.29 is 9.53 Å². The fourth-order valence-electron chi connectivity index (χ4n) is 2.89. The molecule has 1 saturated heterocycles. The Labute approximate surface area is 168 Å². The van der Waals surface area contributed by atoms with Crippen LogP contribution in [-0.4, -0.2) is 55.5 Å². The van der Waals surface area contributed by atoms with Crippen molar-refractivity contribution in [3.05, 3.63) is 57.7 Å². The average Bonchev–Trinajstić information content (AvgIpc) is 2.63. The number of hydrogen-bond donors (Lipinski definition) is 1. The maximum absolute atomic E-state index is 12.1. The molecule has 1 heterocycles. The Morgan fingerprint density at radius 1 is 1.12 bits per heavy atom. The smallest absolute Gasteiger partial charge is 0.262 e. The van der Waals surface area contributed by atoms with Gasteiger partial charge in [-0.2, -0.15) is 0 Å². The fourth-order valence-corrected chi connectivity index (χ4v) is 3.25. The molecule has 0 spiro atoms. The van der Waals surface area contributed by atoms with Crippen molar-refractivity contribution in [2.45, 2.75) is 6.54 Å². The van der Waals surface area contributed by atoms with E-state index in [9.17, 15) is 4.79 Å². The predicted molar refractivity (Wildman–Crippen MR) is 112 cm³/mol. The lowest BCUT2D eigenvalue weighted by atomic mass is 10.1. The van der Waals surface area contributed by atoms with Gasteiger partial charge in [-0.05, 0) is 71.6 Å². The molecule has 2 aromatic carbocycles. The number of rotatable bonds is 6. The minimum atomic E-state index is -0.153. The van der Waals surface area contributed by atoms with E-state index in [1.54, 1.807) is 0 Å². The van der Waals surface area contributed by atoms with E-state index in [2.05, 4.69) is 50.8 Å². The number of likely N-dealkylation sites (N-methyl/N-ethyl adjacent to an activating group) is 1. The summed E-state index contributed by atoms with van der Waals surface area (Å²) in [6.07, 6.45) is 0. The van der Waals surface area contributed by atoms with E-state index >= 15 is 0 Å². The Hall–Kier alpha value is -1.64. The van der Waals surface area contributed by atoms with Crippen molar-refractivity contribution in [2.24, 2.45) is 0 Å². The maximum atomic E-state index is 12.1. The highest BCUT2D eigenvalue weighted by atomic mass is 127. The quantitative estimate of drug-likeness (QED) is 0.667. The van der Waals surface area contributed by atoms with E-state index in [1.165, 1.54) is 5.56 Å². The summed E-state index contributed by atoms with van der Waals surface area (Å²) in [5.41, 5.74) is 2.03. The number of halogens is 1. The zero-order valence-corrected chi connectivity index (χ0v) is 17.1. The molecule has 1 aliphatic heterocycles. The van der Waals surface area contributed by atoms with Gasteiger partial charge in [-0.3, -0.25) is 9.69 Å². The highest BCUT2D eigenvalue weighted by Crippen LogP contribution is 2.15. The molecule has 3 rings (SSSR count). The number of ether oxygens (including phenoxy) is 1. The maximum Gasteiger partial charge on any atom is 0.262 e. The lowest BCUT2D eigenvalue weighted by molar-refractivity contribution is -0.118. The molecule has 5 nitrogen and oxygen atoms in total. The van der Waals surface area contributed by atoms with Gasteiger partial charge in [0.2, 0.25) is 0 Å². The van der Waals surface area contributed by atoms with E-state index in [0.29, 0.717) is 5.75 Å². The Kier molecular flexibility index (Phi) is 6.87. The monoisotopic (exact) mass is 465 g/mol. The van der Waals surface area contributed by atoms with Crippen LogP contribution < -0.4 is 10.1 Å². The van der Waals surface area contributed by atoms with Crippen LogP contribution in [0.3, 0.4) is 0 Å². The molecule has 0 bridgehead atoms. The molecule has 1 N–H and O–H groups in total. The number of anilines is 1. The highest BCUT2D eigenvalue weighted by Gasteiger charge is 2.14. The number of hydrogen-bond acceptors (Lipinski definition) is 4. The Balaban J connectivity index is 1.49. The summed E-state index contributed by atoms with van der Waals surface area (Å²) < 4.78 is 6.66. The van der Waals surface area contributed by atoms with Gasteiger partial charge in [-0.15, -0.1) is 0 Å². The standard InChI is InChI=1S/C20H24IN3O2/c1-23-9-11-24(12-10-23)14-16-3-2-4-18(13-16)22-20(25)15-26-19-7-5-17(21)6-8-19/h2-8,13H,9-12,14-15H2,1H3,(H,22,25). The summed E-state index contributed by atoms with van der Waals surface area (Å²) in [4.78, 5) is 16.9. The molecule has 1 fully saturated rings. The molecule has 6 heteroatoms. The van der Waals surface area contributed by atoms with E-state index in [0.717, 1.165) is 42.0 Å². The number of amides is 1. The van der Waals surface area contributed by atoms with Gasteiger partial charge in [-0.1, -0.05) is 12.1 Å². The molecular weight excluding hydrogens is 441 g/mol. The van der Waals surface area contributed by atoms with Crippen LogP contribution in [0.25, 0.3) is 0 Å². The first-order valence-corrected chi connectivity index (χ1v) is 9.84. The topological polar surface area (TPSA) is 44.8 Å². The van der Waals surface area contributed by atoms with Crippen molar-refractivity contribution in [3.8, 4) is 5.75 Å². The van der Waals surface area contributed by atoms with Crippen molar-refractivity contribution >= 4 is 34.2 Å². The van der Waals surface area contributed by atoms with Crippen LogP contribution in [0, 0.1) is 3.57 Å². The van der Waals surface area contributed by atoms with Gasteiger partial charge in [0.1, 0.15) is 5.75 Å². The molecular formula is C20H24IN3O2. The second-order valence-corrected chi connectivity index (χ2v) is 7.82. The number of piperazine rings is 1. The summed E-state index contributed by atoms with van der Waals surface area (Å²) in [5.74, 6) is 0.546. The number of carbonyl (C=O) groups is 1. The van der Waals surface area contributed by atoms with Crippen molar-refractivity contribution in [1.82, 2.24) is 9.80 Å². The van der Waals surface area contributed by atoms with E-state index < -0.39 is 0 Å². The first kappa shape index (κ1) is 19.1. The first-order valence-electron chi connectivity index (χ1n) is 8.76. The number of carbonyl (C=O) groups excluding carboxylic acids is 1. The van der Waals surface area contributed by atoms with Gasteiger partial charge in [-0.25, -0.2) is 0 Å². The molecule has 0 aliphatic carbocycles. The van der Waals surface area contributed by atoms with Crippen LogP contribution in [0.2, 0.25) is 0 Å². The number of nitrogens with zero attached hydrogens (tertiary/aromatic N) is 2. The highest BCUT2D eigenvalue weighted by molar-refractivity contribution is 14.1. The van der Waals surface area contributed by atoms with Crippen LogP contribution in [0.15, 0.2) is 48.5 Å². The van der Waals surface area contributed by atoms with Gasteiger partial charge in [0.15, 0.2) is 6.61 Å². The average molecular weight is 465 g/mol. The second kappa shape index (κ2) is 9.34. The normalized spacial score (nSPS) is 15.6. The van der Waals surface area contributed by atoms with Crippen LogP contribution in [0.4, 0.5) is 5.69 Å². The minimum Gasteiger partial charge on any atom is -0.484 e. The molecule has 138 valence electrons. The molecule has 1 aliphatic rings.